The standard InChI is InChI=1S/C22H24N2O6/c1-14-7-5-6-8-16(14)22-23-19(30-24-22)13-29-20(25)10-9-15-11-17(26-2)21(28-4)18(12-15)27-3/h5-8,11-12H,9-10,13H2,1-4H3. The monoisotopic (exact) mass is 412 g/mol. The van der Waals surface area contributed by atoms with Crippen molar-refractivity contribution in [3.05, 3.63) is 53.4 Å². The molecule has 8 nitrogen and oxygen atoms in total. The summed E-state index contributed by atoms with van der Waals surface area (Å²) in [7, 11) is 4.63. The summed E-state index contributed by atoms with van der Waals surface area (Å²) in [6, 6.07) is 11.3. The Hall–Kier alpha value is -3.55. The Morgan fingerprint density at radius 2 is 1.73 bits per heavy atom. The first-order chi connectivity index (χ1) is 14.5. The van der Waals surface area contributed by atoms with Crippen LogP contribution in [0.3, 0.4) is 0 Å². The van der Waals surface area contributed by atoms with Crippen molar-refractivity contribution in [2.24, 2.45) is 0 Å². The van der Waals surface area contributed by atoms with E-state index in [1.54, 1.807) is 33.5 Å². The first-order valence-electron chi connectivity index (χ1n) is 9.38. The maximum atomic E-state index is 12.2. The molecule has 0 saturated carbocycles. The molecule has 0 radical (unpaired) electrons. The molecule has 0 bridgehead atoms. The van der Waals surface area contributed by atoms with Crippen molar-refractivity contribution in [2.75, 3.05) is 21.3 Å². The van der Waals surface area contributed by atoms with E-state index in [9.17, 15) is 4.79 Å². The lowest BCUT2D eigenvalue weighted by Gasteiger charge is -2.14. The molecular formula is C22H24N2O6. The van der Waals surface area contributed by atoms with Gasteiger partial charge in [-0.2, -0.15) is 4.98 Å². The molecule has 3 aromatic rings. The Kier molecular flexibility index (Phi) is 6.90. The topological polar surface area (TPSA) is 92.9 Å². The summed E-state index contributed by atoms with van der Waals surface area (Å²) < 4.78 is 26.4. The molecule has 0 fully saturated rings. The number of benzene rings is 2. The van der Waals surface area contributed by atoms with Gasteiger partial charge in [0.25, 0.3) is 5.89 Å². The summed E-state index contributed by atoms with van der Waals surface area (Å²) in [6.07, 6.45) is 0.630. The van der Waals surface area contributed by atoms with Crippen molar-refractivity contribution >= 4 is 5.97 Å². The van der Waals surface area contributed by atoms with Gasteiger partial charge in [-0.1, -0.05) is 29.4 Å². The van der Waals surface area contributed by atoms with E-state index in [1.807, 2.05) is 31.2 Å². The average molecular weight is 412 g/mol. The van der Waals surface area contributed by atoms with Crippen LogP contribution in [-0.4, -0.2) is 37.4 Å². The first kappa shape index (κ1) is 21.2. The number of methoxy groups -OCH3 is 3. The number of rotatable bonds is 9. The van der Waals surface area contributed by atoms with Gasteiger partial charge in [0.1, 0.15) is 0 Å². The number of nitrogens with zero attached hydrogens (tertiary/aromatic N) is 2. The summed E-state index contributed by atoms with van der Waals surface area (Å²) in [5.74, 6) is 1.92. The van der Waals surface area contributed by atoms with Crippen LogP contribution in [0.5, 0.6) is 17.2 Å². The van der Waals surface area contributed by atoms with Crippen molar-refractivity contribution in [2.45, 2.75) is 26.4 Å². The Labute approximate surface area is 174 Å². The number of ether oxygens (including phenoxy) is 4. The Balaban J connectivity index is 1.57. The fourth-order valence-corrected chi connectivity index (χ4v) is 2.99. The molecule has 158 valence electrons. The average Bonchev–Trinajstić information content (AvgIpc) is 3.24. The van der Waals surface area contributed by atoms with Crippen LogP contribution in [0, 0.1) is 6.92 Å². The second-order valence-corrected chi connectivity index (χ2v) is 6.52. The van der Waals surface area contributed by atoms with Crippen LogP contribution in [0.4, 0.5) is 0 Å². The number of hydrogen-bond acceptors (Lipinski definition) is 8. The minimum Gasteiger partial charge on any atom is -0.493 e. The van der Waals surface area contributed by atoms with Gasteiger partial charge in [-0.05, 0) is 36.6 Å². The van der Waals surface area contributed by atoms with Crippen LogP contribution in [0.25, 0.3) is 11.4 Å². The van der Waals surface area contributed by atoms with Crippen molar-refractivity contribution in [1.82, 2.24) is 10.1 Å². The predicted molar refractivity (Wildman–Crippen MR) is 109 cm³/mol. The minimum atomic E-state index is -0.376. The lowest BCUT2D eigenvalue weighted by molar-refractivity contribution is -0.145. The molecule has 0 amide bonds. The molecular weight excluding hydrogens is 388 g/mol. The highest BCUT2D eigenvalue weighted by Gasteiger charge is 2.15. The van der Waals surface area contributed by atoms with E-state index in [1.165, 1.54) is 0 Å². The van der Waals surface area contributed by atoms with Crippen molar-refractivity contribution < 1.29 is 28.3 Å². The Morgan fingerprint density at radius 3 is 2.37 bits per heavy atom. The van der Waals surface area contributed by atoms with Gasteiger partial charge >= 0.3 is 5.97 Å². The molecule has 8 heteroatoms. The van der Waals surface area contributed by atoms with E-state index in [0.29, 0.717) is 29.5 Å². The van der Waals surface area contributed by atoms with E-state index >= 15 is 0 Å². The molecule has 2 aromatic carbocycles. The molecule has 0 aliphatic heterocycles. The second kappa shape index (κ2) is 9.78. The lowest BCUT2D eigenvalue weighted by atomic mass is 10.1. The predicted octanol–water partition coefficient (Wildman–Crippen LogP) is 3.75. The number of esters is 1. The van der Waals surface area contributed by atoms with Crippen LogP contribution in [0.15, 0.2) is 40.9 Å². The number of hydrogen-bond donors (Lipinski definition) is 0. The maximum absolute atomic E-state index is 12.2. The van der Waals surface area contributed by atoms with E-state index in [-0.39, 0.29) is 24.9 Å². The summed E-state index contributed by atoms with van der Waals surface area (Å²) in [4.78, 5) is 16.4. The Morgan fingerprint density at radius 1 is 1.03 bits per heavy atom. The highest BCUT2D eigenvalue weighted by molar-refractivity contribution is 5.70. The van der Waals surface area contributed by atoms with E-state index in [4.69, 9.17) is 23.5 Å². The van der Waals surface area contributed by atoms with Crippen molar-refractivity contribution in [3.63, 3.8) is 0 Å². The number of carbonyl (C=O) groups excluding carboxylic acids is 1. The molecule has 0 atom stereocenters. The highest BCUT2D eigenvalue weighted by Crippen LogP contribution is 2.38. The molecule has 0 aliphatic rings. The van der Waals surface area contributed by atoms with E-state index < -0.39 is 0 Å². The molecule has 1 heterocycles. The zero-order valence-corrected chi connectivity index (χ0v) is 17.4. The summed E-state index contributed by atoms with van der Waals surface area (Å²) >= 11 is 0. The maximum Gasteiger partial charge on any atom is 0.306 e. The van der Waals surface area contributed by atoms with Crippen LogP contribution in [-0.2, 0) is 22.6 Å². The first-order valence-corrected chi connectivity index (χ1v) is 9.38. The molecule has 0 aliphatic carbocycles. The number of carbonyl (C=O) groups is 1. The number of aromatic nitrogens is 2. The molecule has 1 aromatic heterocycles. The van der Waals surface area contributed by atoms with E-state index in [0.717, 1.165) is 16.7 Å². The zero-order valence-electron chi connectivity index (χ0n) is 17.4. The van der Waals surface area contributed by atoms with Gasteiger partial charge in [-0.3, -0.25) is 4.79 Å². The summed E-state index contributed by atoms with van der Waals surface area (Å²) in [5.41, 5.74) is 2.77. The smallest absolute Gasteiger partial charge is 0.306 e. The third kappa shape index (κ3) is 4.89. The molecule has 30 heavy (non-hydrogen) atoms. The second-order valence-electron chi connectivity index (χ2n) is 6.52. The summed E-state index contributed by atoms with van der Waals surface area (Å²) in [6.45, 7) is 1.89. The third-order valence-electron chi connectivity index (χ3n) is 4.55. The molecule has 0 N–H and O–H groups in total. The van der Waals surface area contributed by atoms with Gasteiger partial charge in [-0.25, -0.2) is 0 Å². The quantitative estimate of drug-likeness (QED) is 0.491. The molecule has 0 spiro atoms. The van der Waals surface area contributed by atoms with E-state index in [2.05, 4.69) is 10.1 Å². The van der Waals surface area contributed by atoms with Gasteiger partial charge in [0, 0.05) is 12.0 Å². The van der Waals surface area contributed by atoms with Gasteiger partial charge in [0.2, 0.25) is 11.6 Å². The van der Waals surface area contributed by atoms with Gasteiger partial charge in [0.15, 0.2) is 18.1 Å². The van der Waals surface area contributed by atoms with Gasteiger partial charge in [-0.15, -0.1) is 0 Å². The normalized spacial score (nSPS) is 10.5. The van der Waals surface area contributed by atoms with Gasteiger partial charge in [0.05, 0.1) is 21.3 Å². The van der Waals surface area contributed by atoms with Crippen LogP contribution >= 0.6 is 0 Å². The minimum absolute atomic E-state index is 0.0764. The molecule has 3 rings (SSSR count). The fourth-order valence-electron chi connectivity index (χ4n) is 2.99. The fraction of sp³-hybridized carbons (Fsp3) is 0.318. The Bertz CT molecular complexity index is 989. The van der Waals surface area contributed by atoms with Crippen LogP contribution in [0.1, 0.15) is 23.4 Å². The molecule has 0 unspecified atom stereocenters. The highest BCUT2D eigenvalue weighted by atomic mass is 16.6. The number of aryl methyl sites for hydroxylation is 2. The SMILES string of the molecule is COc1cc(CCC(=O)OCc2nc(-c3ccccc3C)no2)cc(OC)c1OC. The largest absolute Gasteiger partial charge is 0.493 e. The lowest BCUT2D eigenvalue weighted by Crippen LogP contribution is -2.06. The van der Waals surface area contributed by atoms with Gasteiger partial charge < -0.3 is 23.5 Å². The molecule has 0 saturated heterocycles. The summed E-state index contributed by atoms with van der Waals surface area (Å²) in [5, 5.41) is 3.96. The van der Waals surface area contributed by atoms with Crippen LogP contribution < -0.4 is 14.2 Å². The zero-order chi connectivity index (χ0) is 21.5. The van der Waals surface area contributed by atoms with Crippen LogP contribution in [0.2, 0.25) is 0 Å². The van der Waals surface area contributed by atoms with Crippen molar-refractivity contribution in [1.29, 1.82) is 0 Å². The third-order valence-corrected chi connectivity index (χ3v) is 4.55. The van der Waals surface area contributed by atoms with Crippen molar-refractivity contribution in [3.8, 4) is 28.6 Å².